The van der Waals surface area contributed by atoms with Gasteiger partial charge in [-0.1, -0.05) is 57.1 Å². The summed E-state index contributed by atoms with van der Waals surface area (Å²) >= 11 is 3.42. The minimum absolute atomic E-state index is 0.895. The van der Waals surface area contributed by atoms with Crippen LogP contribution in [0.3, 0.4) is 0 Å². The van der Waals surface area contributed by atoms with Crippen molar-refractivity contribution in [3.8, 4) is 0 Å². The Kier molecular flexibility index (Phi) is 7.40. The van der Waals surface area contributed by atoms with E-state index in [0.717, 1.165) is 15.3 Å². The average Bonchev–Trinajstić information content (AvgIpc) is 2.39. The molecule has 0 N–H and O–H groups in total. The molecule has 17 heavy (non-hydrogen) atoms. The largest absolute Gasteiger partial charge is 0.249 e. The van der Waals surface area contributed by atoms with Crippen LogP contribution in [0.1, 0.15) is 6.92 Å². The number of aromatic nitrogens is 1. The lowest BCUT2D eigenvalue weighted by molar-refractivity contribution is 1.14. The molecule has 0 saturated carbocycles. The van der Waals surface area contributed by atoms with E-state index >= 15 is 0 Å². The molecule has 4 heteroatoms. The molecule has 1 nitrogen and oxygen atoms in total. The van der Waals surface area contributed by atoms with Gasteiger partial charge in [-0.05, 0) is 35.9 Å². The first kappa shape index (κ1) is 14.6. The molecule has 0 unspecified atom stereocenters. The highest BCUT2D eigenvalue weighted by atomic mass is 79.9. The summed E-state index contributed by atoms with van der Waals surface area (Å²) in [5.41, 5.74) is 1.28. The highest BCUT2D eigenvalue weighted by Crippen LogP contribution is 2.35. The van der Waals surface area contributed by atoms with Gasteiger partial charge in [-0.25, -0.2) is 4.98 Å². The van der Waals surface area contributed by atoms with Gasteiger partial charge in [0, 0.05) is 16.4 Å². The predicted molar refractivity (Wildman–Crippen MR) is 83.5 cm³/mol. The Morgan fingerprint density at radius 1 is 1.47 bits per heavy atom. The van der Waals surface area contributed by atoms with Gasteiger partial charge in [0.05, 0.1) is 0 Å². The molecule has 0 aliphatic rings. The smallest absolute Gasteiger partial charge is 0.107 e. The molecule has 0 bridgehead atoms. The molecule has 0 spiro atoms. The number of nitrogens with zero attached hydrogens (tertiary/aromatic N) is 1. The van der Waals surface area contributed by atoms with Gasteiger partial charge in [0.1, 0.15) is 5.03 Å². The number of pyridine rings is 1. The number of alkyl halides is 1. The minimum Gasteiger partial charge on any atom is -0.249 e. The molecule has 0 radical (unpaired) electrons. The van der Waals surface area contributed by atoms with Crippen molar-refractivity contribution in [2.45, 2.75) is 11.9 Å². The Morgan fingerprint density at radius 3 is 2.88 bits per heavy atom. The Hall–Kier alpha value is -0.450. The van der Waals surface area contributed by atoms with E-state index in [1.807, 2.05) is 24.3 Å². The molecule has 1 aromatic rings. The van der Waals surface area contributed by atoms with E-state index in [4.69, 9.17) is 0 Å². The minimum atomic E-state index is 0.895. The molecule has 90 valence electrons. The molecular formula is C13H14BrNS2. The van der Waals surface area contributed by atoms with Gasteiger partial charge < -0.3 is 0 Å². The van der Waals surface area contributed by atoms with Crippen LogP contribution >= 0.6 is 37.5 Å². The zero-order valence-corrected chi connectivity index (χ0v) is 12.8. The van der Waals surface area contributed by atoms with E-state index in [9.17, 15) is 0 Å². The highest BCUT2D eigenvalue weighted by molar-refractivity contribution is 9.09. The molecule has 0 amide bonds. The molecule has 0 aliphatic heterocycles. The number of hydrogen-bond acceptors (Lipinski definition) is 3. The van der Waals surface area contributed by atoms with Crippen molar-refractivity contribution in [1.29, 1.82) is 0 Å². The second-order valence-electron chi connectivity index (χ2n) is 3.25. The van der Waals surface area contributed by atoms with E-state index in [2.05, 4.69) is 46.6 Å². The number of rotatable bonds is 6. The van der Waals surface area contributed by atoms with Crippen LogP contribution in [-0.2, 0) is 0 Å². The lowest BCUT2D eigenvalue weighted by Gasteiger charge is -2.00. The second kappa shape index (κ2) is 8.61. The topological polar surface area (TPSA) is 12.9 Å². The lowest BCUT2D eigenvalue weighted by atomic mass is 10.3. The SMILES string of the molecule is C=C/C(=C\C=C(/C)CBr)SSc1ccccn1. The van der Waals surface area contributed by atoms with Crippen LogP contribution in [0.2, 0.25) is 0 Å². The van der Waals surface area contributed by atoms with E-state index in [0.29, 0.717) is 0 Å². The quantitative estimate of drug-likeness (QED) is 0.403. The Morgan fingerprint density at radius 2 is 2.29 bits per heavy atom. The van der Waals surface area contributed by atoms with Crippen LogP contribution < -0.4 is 0 Å². The summed E-state index contributed by atoms with van der Waals surface area (Å²) in [6.07, 6.45) is 7.83. The summed E-state index contributed by atoms with van der Waals surface area (Å²) in [6.45, 7) is 5.90. The molecular weight excluding hydrogens is 314 g/mol. The normalized spacial score (nSPS) is 12.6. The van der Waals surface area contributed by atoms with Gasteiger partial charge in [-0.2, -0.15) is 0 Å². The van der Waals surface area contributed by atoms with Gasteiger partial charge in [-0.15, -0.1) is 0 Å². The van der Waals surface area contributed by atoms with Gasteiger partial charge >= 0.3 is 0 Å². The zero-order chi connectivity index (χ0) is 12.5. The highest BCUT2D eigenvalue weighted by Gasteiger charge is 1.97. The van der Waals surface area contributed by atoms with Gasteiger partial charge in [0.25, 0.3) is 0 Å². The third-order valence-electron chi connectivity index (χ3n) is 1.81. The Balaban J connectivity index is 2.56. The Bertz CT molecular complexity index is 413. The number of hydrogen-bond donors (Lipinski definition) is 0. The molecule has 1 rings (SSSR count). The molecule has 0 fully saturated rings. The second-order valence-corrected chi connectivity index (χ2v) is 6.04. The first-order valence-corrected chi connectivity index (χ1v) is 8.35. The average molecular weight is 328 g/mol. The van der Waals surface area contributed by atoms with Gasteiger partial charge in [0.2, 0.25) is 0 Å². The standard InChI is InChI=1S/C13H14BrNS2/c1-3-12(8-7-11(2)10-14)16-17-13-6-4-5-9-15-13/h3-9H,1,10H2,2H3/b11-7+,12-8+. The molecule has 0 atom stereocenters. The molecule has 0 aliphatic carbocycles. The summed E-state index contributed by atoms with van der Waals surface area (Å²) < 4.78 is 0. The monoisotopic (exact) mass is 327 g/mol. The zero-order valence-electron chi connectivity index (χ0n) is 9.60. The van der Waals surface area contributed by atoms with Crippen molar-refractivity contribution < 1.29 is 0 Å². The summed E-state index contributed by atoms with van der Waals surface area (Å²) in [5, 5.41) is 1.90. The Labute approximate surface area is 119 Å². The molecule has 0 aromatic carbocycles. The molecule has 1 heterocycles. The van der Waals surface area contributed by atoms with Gasteiger partial charge in [-0.3, -0.25) is 0 Å². The fourth-order valence-electron chi connectivity index (χ4n) is 0.886. The van der Waals surface area contributed by atoms with Crippen molar-refractivity contribution in [2.24, 2.45) is 0 Å². The van der Waals surface area contributed by atoms with E-state index in [-0.39, 0.29) is 0 Å². The molecule has 1 aromatic heterocycles. The van der Waals surface area contributed by atoms with Crippen LogP contribution in [0.4, 0.5) is 0 Å². The van der Waals surface area contributed by atoms with Crippen LogP contribution in [0, 0.1) is 0 Å². The third kappa shape index (κ3) is 6.15. The maximum absolute atomic E-state index is 4.25. The first-order valence-electron chi connectivity index (χ1n) is 5.07. The fourth-order valence-corrected chi connectivity index (χ4v) is 2.90. The summed E-state index contributed by atoms with van der Waals surface area (Å²) in [5.74, 6) is 0. The predicted octanol–water partition coefficient (Wildman–Crippen LogP) is 5.23. The van der Waals surface area contributed by atoms with Crippen LogP contribution in [0.15, 0.2) is 64.7 Å². The molecule has 0 saturated heterocycles. The van der Waals surface area contributed by atoms with Gasteiger partial charge in [0.15, 0.2) is 0 Å². The summed E-state index contributed by atoms with van der Waals surface area (Å²) in [4.78, 5) is 5.38. The fraction of sp³-hybridized carbons (Fsp3) is 0.154. The van der Waals surface area contributed by atoms with Crippen LogP contribution in [0.5, 0.6) is 0 Å². The maximum atomic E-state index is 4.25. The maximum Gasteiger partial charge on any atom is 0.107 e. The van der Waals surface area contributed by atoms with Crippen molar-refractivity contribution >= 4 is 37.5 Å². The van der Waals surface area contributed by atoms with Crippen molar-refractivity contribution in [3.05, 3.63) is 59.7 Å². The summed E-state index contributed by atoms with van der Waals surface area (Å²) in [7, 11) is 3.30. The van der Waals surface area contributed by atoms with E-state index in [1.54, 1.807) is 27.8 Å². The summed E-state index contributed by atoms with van der Waals surface area (Å²) in [6, 6.07) is 5.90. The van der Waals surface area contributed by atoms with E-state index in [1.165, 1.54) is 5.57 Å². The van der Waals surface area contributed by atoms with Crippen molar-refractivity contribution in [2.75, 3.05) is 5.33 Å². The first-order chi connectivity index (χ1) is 8.26. The third-order valence-corrected chi connectivity index (χ3v) is 5.02. The van der Waals surface area contributed by atoms with Crippen molar-refractivity contribution in [3.63, 3.8) is 0 Å². The number of allylic oxidation sites excluding steroid dienone is 4. The van der Waals surface area contributed by atoms with E-state index < -0.39 is 0 Å². The van der Waals surface area contributed by atoms with Crippen LogP contribution in [0.25, 0.3) is 0 Å². The van der Waals surface area contributed by atoms with Crippen molar-refractivity contribution in [1.82, 2.24) is 4.98 Å². The van der Waals surface area contributed by atoms with Crippen LogP contribution in [-0.4, -0.2) is 10.3 Å². The lowest BCUT2D eigenvalue weighted by Crippen LogP contribution is -1.75. The number of halogens is 1.